The van der Waals surface area contributed by atoms with Gasteiger partial charge < -0.3 is 4.57 Å². The molecule has 1 aromatic heterocycles. The summed E-state index contributed by atoms with van der Waals surface area (Å²) in [7, 11) is 0. The van der Waals surface area contributed by atoms with Crippen LogP contribution in [0.5, 0.6) is 0 Å². The number of amides is 1. The maximum Gasteiger partial charge on any atom is 0.260 e. The number of nitrogens with zero attached hydrogens (tertiary/aromatic N) is 3. The summed E-state index contributed by atoms with van der Waals surface area (Å²) in [6.45, 7) is 2.04. The number of benzene rings is 3. The van der Waals surface area contributed by atoms with E-state index >= 15 is 0 Å². The van der Waals surface area contributed by atoms with Crippen LogP contribution < -0.4 is 5.43 Å². The number of nitrogens with one attached hydrogen (secondary N) is 1. The molecule has 0 radical (unpaired) electrons. The summed E-state index contributed by atoms with van der Waals surface area (Å²) in [5.41, 5.74) is 7.40. The van der Waals surface area contributed by atoms with E-state index in [1.165, 1.54) is 0 Å². The first kappa shape index (κ1) is 18.6. The van der Waals surface area contributed by atoms with E-state index < -0.39 is 0 Å². The van der Waals surface area contributed by atoms with Crippen molar-refractivity contribution >= 4 is 22.7 Å². The number of hydrazone groups is 1. The maximum atomic E-state index is 12.6. The first-order valence-corrected chi connectivity index (χ1v) is 9.57. The second kappa shape index (κ2) is 8.52. The predicted molar refractivity (Wildman–Crippen MR) is 116 cm³/mol. The molecule has 1 heterocycles. The second-order valence-electron chi connectivity index (χ2n) is 6.86. The van der Waals surface area contributed by atoms with Gasteiger partial charge in [-0.2, -0.15) is 5.10 Å². The van der Waals surface area contributed by atoms with Gasteiger partial charge in [0.25, 0.3) is 5.91 Å². The lowest BCUT2D eigenvalue weighted by atomic mass is 10.1. The zero-order chi connectivity index (χ0) is 20.1. The van der Waals surface area contributed by atoms with Crippen LogP contribution in [0.25, 0.3) is 11.0 Å². The first-order chi connectivity index (χ1) is 14.2. The van der Waals surface area contributed by atoms with E-state index in [1.807, 2.05) is 84.3 Å². The Bertz CT molecular complexity index is 1150. The van der Waals surface area contributed by atoms with Gasteiger partial charge in [0.15, 0.2) is 0 Å². The molecule has 0 saturated heterocycles. The Hall–Kier alpha value is -3.73. The highest BCUT2D eigenvalue weighted by Crippen LogP contribution is 2.18. The molecule has 0 aliphatic heterocycles. The van der Waals surface area contributed by atoms with Gasteiger partial charge in [-0.05, 0) is 30.2 Å². The summed E-state index contributed by atoms with van der Waals surface area (Å²) in [4.78, 5) is 17.4. The van der Waals surface area contributed by atoms with E-state index in [9.17, 15) is 4.79 Å². The number of hydrogen-bond donors (Lipinski definition) is 1. The lowest BCUT2D eigenvalue weighted by Gasteiger charge is -2.09. The number of carbonyl (C=O) groups excluding carboxylic acids is 1. The van der Waals surface area contributed by atoms with Crippen molar-refractivity contribution in [2.45, 2.75) is 19.9 Å². The van der Waals surface area contributed by atoms with Gasteiger partial charge in [-0.1, -0.05) is 72.8 Å². The molecule has 0 aliphatic rings. The fourth-order valence-corrected chi connectivity index (χ4v) is 3.28. The van der Waals surface area contributed by atoms with E-state index in [0.717, 1.165) is 33.7 Å². The molecular formula is C24H22N4O. The molecule has 0 aliphatic carbocycles. The molecule has 29 heavy (non-hydrogen) atoms. The number of fused-ring (bicyclic) bond motifs is 1. The van der Waals surface area contributed by atoms with Gasteiger partial charge in [0.2, 0.25) is 0 Å². The zero-order valence-corrected chi connectivity index (χ0v) is 16.2. The molecule has 5 nitrogen and oxygen atoms in total. The Labute approximate surface area is 169 Å². The van der Waals surface area contributed by atoms with Gasteiger partial charge in [0.05, 0.1) is 16.7 Å². The highest BCUT2D eigenvalue weighted by atomic mass is 16.2. The summed E-state index contributed by atoms with van der Waals surface area (Å²) in [6, 6.07) is 27.8. The van der Waals surface area contributed by atoms with E-state index in [1.54, 1.807) is 0 Å². The summed E-state index contributed by atoms with van der Waals surface area (Å²) in [5, 5.41) is 4.25. The van der Waals surface area contributed by atoms with Crippen molar-refractivity contribution in [3.63, 3.8) is 0 Å². The van der Waals surface area contributed by atoms with Gasteiger partial charge >= 0.3 is 0 Å². The van der Waals surface area contributed by atoms with E-state index in [0.29, 0.717) is 6.42 Å². The normalized spacial score (nSPS) is 11.6. The van der Waals surface area contributed by atoms with Crippen LogP contribution in [0.3, 0.4) is 0 Å². The number of rotatable bonds is 6. The van der Waals surface area contributed by atoms with Gasteiger partial charge in [0, 0.05) is 6.42 Å². The Morgan fingerprint density at radius 3 is 2.34 bits per heavy atom. The molecule has 0 unspecified atom stereocenters. The monoisotopic (exact) mass is 382 g/mol. The molecule has 0 fully saturated rings. The molecule has 4 aromatic rings. The Morgan fingerprint density at radius 2 is 1.59 bits per heavy atom. The largest absolute Gasteiger partial charge is 0.318 e. The molecule has 5 heteroatoms. The van der Waals surface area contributed by atoms with Crippen LogP contribution in [0.2, 0.25) is 0 Å². The Morgan fingerprint density at radius 1 is 0.931 bits per heavy atom. The smallest absolute Gasteiger partial charge is 0.260 e. The lowest BCUT2D eigenvalue weighted by Crippen LogP contribution is -2.25. The van der Waals surface area contributed by atoms with Crippen molar-refractivity contribution in [1.82, 2.24) is 15.0 Å². The van der Waals surface area contributed by atoms with Crippen molar-refractivity contribution in [3.05, 3.63) is 102 Å². The number of carbonyl (C=O) groups is 1. The van der Waals surface area contributed by atoms with Crippen molar-refractivity contribution in [2.24, 2.45) is 5.10 Å². The van der Waals surface area contributed by atoms with Crippen molar-refractivity contribution in [1.29, 1.82) is 0 Å². The molecule has 1 amide bonds. The van der Waals surface area contributed by atoms with Crippen molar-refractivity contribution < 1.29 is 4.79 Å². The summed E-state index contributed by atoms with van der Waals surface area (Å²) in [6.07, 6.45) is 0.662. The minimum atomic E-state index is -0.183. The quantitative estimate of drug-likeness (QED) is 0.402. The third kappa shape index (κ3) is 4.41. The minimum absolute atomic E-state index is 0.161. The van der Waals surface area contributed by atoms with E-state index in [2.05, 4.69) is 22.7 Å². The summed E-state index contributed by atoms with van der Waals surface area (Å²) in [5.74, 6) is 0.675. The first-order valence-electron chi connectivity index (χ1n) is 9.57. The van der Waals surface area contributed by atoms with E-state index in [4.69, 9.17) is 4.98 Å². The fraction of sp³-hybridized carbons (Fsp3) is 0.125. The number of hydrogen-bond acceptors (Lipinski definition) is 3. The van der Waals surface area contributed by atoms with Crippen molar-refractivity contribution in [3.8, 4) is 0 Å². The molecule has 3 aromatic carbocycles. The predicted octanol–water partition coefficient (Wildman–Crippen LogP) is 4.17. The van der Waals surface area contributed by atoms with Crippen LogP contribution in [0.15, 0.2) is 90.0 Å². The van der Waals surface area contributed by atoms with Crippen LogP contribution in [-0.4, -0.2) is 21.2 Å². The van der Waals surface area contributed by atoms with Crippen LogP contribution in [0.1, 0.15) is 23.9 Å². The van der Waals surface area contributed by atoms with Gasteiger partial charge in [-0.15, -0.1) is 0 Å². The topological polar surface area (TPSA) is 59.3 Å². The average Bonchev–Trinajstić information content (AvgIpc) is 3.10. The third-order valence-electron chi connectivity index (χ3n) is 4.78. The lowest BCUT2D eigenvalue weighted by molar-refractivity contribution is -0.121. The van der Waals surface area contributed by atoms with Gasteiger partial charge in [-0.3, -0.25) is 4.79 Å². The number of aromatic nitrogens is 2. The Kier molecular flexibility index (Phi) is 5.47. The number of imidazole rings is 1. The SMILES string of the molecule is C/C(=N\NC(=O)Cn1c(Cc2ccccc2)nc2ccccc21)c1ccccc1. The molecule has 0 spiro atoms. The second-order valence-corrected chi connectivity index (χ2v) is 6.86. The van der Waals surface area contributed by atoms with Crippen molar-refractivity contribution in [2.75, 3.05) is 0 Å². The van der Waals surface area contributed by atoms with Crippen LogP contribution in [-0.2, 0) is 17.8 Å². The molecule has 0 bridgehead atoms. The Balaban J connectivity index is 1.56. The number of para-hydroxylation sites is 2. The average molecular weight is 382 g/mol. The van der Waals surface area contributed by atoms with Crippen LogP contribution in [0, 0.1) is 0 Å². The van der Waals surface area contributed by atoms with E-state index in [-0.39, 0.29) is 12.5 Å². The molecular weight excluding hydrogens is 360 g/mol. The molecule has 1 N–H and O–H groups in total. The highest BCUT2D eigenvalue weighted by molar-refractivity contribution is 5.99. The minimum Gasteiger partial charge on any atom is -0.318 e. The maximum absolute atomic E-state index is 12.6. The molecule has 0 atom stereocenters. The molecule has 4 rings (SSSR count). The summed E-state index contributed by atoms with van der Waals surface area (Å²) >= 11 is 0. The van der Waals surface area contributed by atoms with Gasteiger partial charge in [-0.25, -0.2) is 10.4 Å². The highest BCUT2D eigenvalue weighted by Gasteiger charge is 2.14. The zero-order valence-electron chi connectivity index (χ0n) is 16.2. The molecule has 0 saturated carbocycles. The van der Waals surface area contributed by atoms with Crippen LogP contribution >= 0.6 is 0 Å². The van der Waals surface area contributed by atoms with Crippen LogP contribution in [0.4, 0.5) is 0 Å². The molecule has 144 valence electrons. The third-order valence-corrected chi connectivity index (χ3v) is 4.78. The van der Waals surface area contributed by atoms with Gasteiger partial charge in [0.1, 0.15) is 12.4 Å². The summed E-state index contributed by atoms with van der Waals surface area (Å²) < 4.78 is 1.96. The standard InChI is InChI=1S/C24H22N4O/c1-18(20-12-6-3-7-13-20)26-27-24(29)17-28-22-15-9-8-14-21(22)25-23(28)16-19-10-4-2-5-11-19/h2-15H,16-17H2,1H3,(H,27,29)/b26-18+. The fourth-order valence-electron chi connectivity index (χ4n) is 3.28.